The van der Waals surface area contributed by atoms with Crippen molar-refractivity contribution < 1.29 is 9.53 Å². The first kappa shape index (κ1) is 18.6. The van der Waals surface area contributed by atoms with Gasteiger partial charge in [0.25, 0.3) is 0 Å². The molecule has 0 saturated carbocycles. The van der Waals surface area contributed by atoms with Crippen molar-refractivity contribution in [2.75, 3.05) is 52.5 Å². The van der Waals surface area contributed by atoms with Crippen LogP contribution in [-0.2, 0) is 16.1 Å². The Bertz CT molecular complexity index is 708. The highest BCUT2D eigenvalue weighted by atomic mass is 32.1. The summed E-state index contributed by atoms with van der Waals surface area (Å²) in [5.41, 5.74) is 2.48. The van der Waals surface area contributed by atoms with Crippen LogP contribution in [0.5, 0.6) is 0 Å². The molecule has 6 heteroatoms. The molecule has 0 N–H and O–H groups in total. The van der Waals surface area contributed by atoms with Gasteiger partial charge in [-0.25, -0.2) is 0 Å². The Balaban J connectivity index is 1.45. The number of nitrogens with zero attached hydrogens (tertiary/aromatic N) is 3. The van der Waals surface area contributed by atoms with Crippen LogP contribution in [0.1, 0.15) is 17.2 Å². The molecule has 144 valence electrons. The summed E-state index contributed by atoms with van der Waals surface area (Å²) in [4.78, 5) is 20.2. The van der Waals surface area contributed by atoms with Crippen LogP contribution in [0.4, 0.5) is 0 Å². The van der Waals surface area contributed by atoms with Gasteiger partial charge in [0.2, 0.25) is 5.91 Å². The van der Waals surface area contributed by atoms with Crippen molar-refractivity contribution >= 4 is 17.2 Å². The number of carbonyl (C=O) groups is 1. The van der Waals surface area contributed by atoms with Gasteiger partial charge in [-0.3, -0.25) is 14.6 Å². The molecule has 27 heavy (non-hydrogen) atoms. The van der Waals surface area contributed by atoms with Gasteiger partial charge in [0.05, 0.1) is 13.2 Å². The number of carbonyl (C=O) groups excluding carboxylic acids is 1. The van der Waals surface area contributed by atoms with E-state index in [0.29, 0.717) is 26.3 Å². The van der Waals surface area contributed by atoms with Crippen LogP contribution in [0.3, 0.4) is 0 Å². The molecule has 0 bridgehead atoms. The Morgan fingerprint density at radius 3 is 2.41 bits per heavy atom. The lowest BCUT2D eigenvalue weighted by Crippen LogP contribution is -2.52. The van der Waals surface area contributed by atoms with Crippen molar-refractivity contribution in [2.45, 2.75) is 12.6 Å². The van der Waals surface area contributed by atoms with Gasteiger partial charge in [-0.15, -0.1) is 0 Å². The second-order valence-electron chi connectivity index (χ2n) is 7.19. The highest BCUT2D eigenvalue weighted by Gasteiger charge is 2.33. The topological polar surface area (TPSA) is 36.0 Å². The van der Waals surface area contributed by atoms with E-state index in [1.165, 1.54) is 5.56 Å². The third-order valence-corrected chi connectivity index (χ3v) is 6.16. The highest BCUT2D eigenvalue weighted by Crippen LogP contribution is 2.25. The smallest absolute Gasteiger partial charge is 0.244 e. The Labute approximate surface area is 165 Å². The van der Waals surface area contributed by atoms with Crippen molar-refractivity contribution in [1.29, 1.82) is 0 Å². The van der Waals surface area contributed by atoms with Gasteiger partial charge < -0.3 is 9.64 Å². The normalized spacial score (nSPS) is 20.5. The van der Waals surface area contributed by atoms with Gasteiger partial charge in [-0.05, 0) is 28.0 Å². The van der Waals surface area contributed by atoms with Gasteiger partial charge in [-0.2, -0.15) is 11.3 Å². The summed E-state index contributed by atoms with van der Waals surface area (Å²) in [6.45, 7) is 7.50. The van der Waals surface area contributed by atoms with Gasteiger partial charge in [0.15, 0.2) is 0 Å². The summed E-state index contributed by atoms with van der Waals surface area (Å²) in [7, 11) is 0. The Morgan fingerprint density at radius 1 is 1.00 bits per heavy atom. The third kappa shape index (κ3) is 4.58. The molecular weight excluding hydrogens is 358 g/mol. The van der Waals surface area contributed by atoms with Crippen LogP contribution < -0.4 is 0 Å². The average Bonchev–Trinajstić information content (AvgIpc) is 3.24. The molecule has 0 unspecified atom stereocenters. The predicted molar refractivity (Wildman–Crippen MR) is 108 cm³/mol. The molecule has 5 nitrogen and oxygen atoms in total. The van der Waals surface area contributed by atoms with E-state index in [4.69, 9.17) is 4.74 Å². The van der Waals surface area contributed by atoms with E-state index in [-0.39, 0.29) is 11.9 Å². The summed E-state index contributed by atoms with van der Waals surface area (Å²) in [5, 5.41) is 4.36. The first-order chi connectivity index (χ1) is 13.3. The first-order valence-electron chi connectivity index (χ1n) is 9.70. The molecule has 0 aliphatic carbocycles. The zero-order chi connectivity index (χ0) is 18.5. The molecule has 1 amide bonds. The fourth-order valence-corrected chi connectivity index (χ4v) is 4.58. The molecule has 0 spiro atoms. The first-order valence-corrected chi connectivity index (χ1v) is 10.6. The summed E-state index contributed by atoms with van der Waals surface area (Å²) in [6.07, 6.45) is 0. The number of piperazine rings is 1. The van der Waals surface area contributed by atoms with Crippen molar-refractivity contribution in [3.63, 3.8) is 0 Å². The monoisotopic (exact) mass is 385 g/mol. The second kappa shape index (κ2) is 8.97. The number of morpholine rings is 1. The van der Waals surface area contributed by atoms with Gasteiger partial charge in [-0.1, -0.05) is 30.3 Å². The zero-order valence-corrected chi connectivity index (χ0v) is 16.4. The number of hydrogen-bond donors (Lipinski definition) is 0. The van der Waals surface area contributed by atoms with Crippen molar-refractivity contribution in [3.8, 4) is 0 Å². The van der Waals surface area contributed by atoms with E-state index < -0.39 is 0 Å². The minimum Gasteiger partial charge on any atom is -0.378 e. The molecule has 4 rings (SSSR count). The lowest BCUT2D eigenvalue weighted by atomic mass is 10.0. The van der Waals surface area contributed by atoms with Gasteiger partial charge in [0, 0.05) is 45.8 Å². The molecule has 2 aliphatic heterocycles. The number of thiophene rings is 1. The van der Waals surface area contributed by atoms with Crippen LogP contribution in [0.2, 0.25) is 0 Å². The molecule has 2 aliphatic rings. The molecule has 1 atom stereocenters. The summed E-state index contributed by atoms with van der Waals surface area (Å²) >= 11 is 1.75. The molecule has 2 aromatic rings. The highest BCUT2D eigenvalue weighted by molar-refractivity contribution is 7.07. The SMILES string of the molecule is O=C([C@@H](c1ccccc1)N1CCN(Cc2ccsc2)CC1)N1CCOCC1. The third-order valence-electron chi connectivity index (χ3n) is 5.43. The Kier molecular flexibility index (Phi) is 6.19. The minimum absolute atomic E-state index is 0.187. The van der Waals surface area contributed by atoms with Crippen LogP contribution in [0.25, 0.3) is 0 Å². The van der Waals surface area contributed by atoms with Gasteiger partial charge >= 0.3 is 0 Å². The fraction of sp³-hybridized carbons (Fsp3) is 0.476. The van der Waals surface area contributed by atoms with E-state index in [0.717, 1.165) is 38.3 Å². The maximum Gasteiger partial charge on any atom is 0.244 e. The van der Waals surface area contributed by atoms with Crippen molar-refractivity contribution in [3.05, 3.63) is 58.3 Å². The van der Waals surface area contributed by atoms with Crippen LogP contribution in [-0.4, -0.2) is 73.1 Å². The van der Waals surface area contributed by atoms with Crippen LogP contribution in [0, 0.1) is 0 Å². The molecule has 1 aromatic heterocycles. The summed E-state index contributed by atoms with van der Waals surface area (Å²) in [6, 6.07) is 12.3. The predicted octanol–water partition coefficient (Wildman–Crippen LogP) is 2.47. The summed E-state index contributed by atoms with van der Waals surface area (Å²) < 4.78 is 5.43. The van der Waals surface area contributed by atoms with Gasteiger partial charge in [0.1, 0.15) is 6.04 Å². The van der Waals surface area contributed by atoms with E-state index in [2.05, 4.69) is 38.8 Å². The van der Waals surface area contributed by atoms with E-state index in [1.807, 2.05) is 23.1 Å². The maximum absolute atomic E-state index is 13.4. The number of benzene rings is 1. The zero-order valence-electron chi connectivity index (χ0n) is 15.6. The van der Waals surface area contributed by atoms with E-state index >= 15 is 0 Å². The molecule has 2 fully saturated rings. The maximum atomic E-state index is 13.4. The van der Waals surface area contributed by atoms with Crippen LogP contribution in [0.15, 0.2) is 47.2 Å². The lowest BCUT2D eigenvalue weighted by Gasteiger charge is -2.41. The molecule has 3 heterocycles. The van der Waals surface area contributed by atoms with Crippen molar-refractivity contribution in [1.82, 2.24) is 14.7 Å². The standard InChI is InChI=1S/C21H27N3O2S/c25-21(24-11-13-26-14-12-24)20(19-4-2-1-3-5-19)23-9-7-22(8-10-23)16-18-6-15-27-17-18/h1-6,15,17,20H,7-14,16H2/t20-/m1/s1. The van der Waals surface area contributed by atoms with E-state index in [9.17, 15) is 4.79 Å². The van der Waals surface area contributed by atoms with Crippen molar-refractivity contribution in [2.24, 2.45) is 0 Å². The molecule has 1 aromatic carbocycles. The average molecular weight is 386 g/mol. The molecular formula is C21H27N3O2S. The van der Waals surface area contributed by atoms with Crippen LogP contribution >= 0.6 is 11.3 Å². The number of hydrogen-bond acceptors (Lipinski definition) is 5. The minimum atomic E-state index is -0.187. The number of rotatable bonds is 5. The fourth-order valence-electron chi connectivity index (χ4n) is 3.92. The largest absolute Gasteiger partial charge is 0.378 e. The molecule has 2 saturated heterocycles. The number of ether oxygens (including phenoxy) is 1. The lowest BCUT2D eigenvalue weighted by molar-refractivity contribution is -0.142. The summed E-state index contributed by atoms with van der Waals surface area (Å²) in [5.74, 6) is 0.218. The Morgan fingerprint density at radius 2 is 1.74 bits per heavy atom. The van der Waals surface area contributed by atoms with E-state index in [1.54, 1.807) is 11.3 Å². The number of amides is 1. The second-order valence-corrected chi connectivity index (χ2v) is 7.97. The Hall–Kier alpha value is -1.73. The molecule has 0 radical (unpaired) electrons. The quantitative estimate of drug-likeness (QED) is 0.792.